The number of hydrogen-bond donors (Lipinski definition) is 1. The van der Waals surface area contributed by atoms with Gasteiger partial charge in [-0.1, -0.05) is 11.6 Å². The first kappa shape index (κ1) is 12.8. The Morgan fingerprint density at radius 2 is 2.05 bits per heavy atom. The first-order valence-corrected chi connectivity index (χ1v) is 5.44. The molecule has 0 fully saturated rings. The number of esters is 1. The molecule has 0 spiro atoms. The maximum atomic E-state index is 12.1. The predicted octanol–water partition coefficient (Wildman–Crippen LogP) is 1.21. The second kappa shape index (κ2) is 4.93. The summed E-state index contributed by atoms with van der Waals surface area (Å²) in [5.41, 5.74) is 0.776. The highest BCUT2D eigenvalue weighted by Gasteiger charge is 2.16. The Balaban J connectivity index is 2.46. The Kier molecular flexibility index (Phi) is 3.33. The van der Waals surface area contributed by atoms with E-state index >= 15 is 0 Å². The van der Waals surface area contributed by atoms with Gasteiger partial charge in [-0.15, -0.1) is 0 Å². The van der Waals surface area contributed by atoms with Crippen LogP contribution >= 0.6 is 0 Å². The molecule has 0 aliphatic rings. The molecule has 1 aromatic heterocycles. The zero-order valence-corrected chi connectivity index (χ0v) is 10.4. The Bertz CT molecular complexity index is 717. The van der Waals surface area contributed by atoms with Crippen molar-refractivity contribution in [2.24, 2.45) is 0 Å². The molecule has 98 valence electrons. The van der Waals surface area contributed by atoms with Crippen LogP contribution in [0, 0.1) is 6.92 Å². The largest absolute Gasteiger partial charge is 0.462 e. The van der Waals surface area contributed by atoms with E-state index in [1.807, 2.05) is 6.92 Å². The molecule has 19 heavy (non-hydrogen) atoms. The molecule has 2 aromatic rings. The van der Waals surface area contributed by atoms with Crippen LogP contribution < -0.4 is 10.7 Å². The first-order valence-electron chi connectivity index (χ1n) is 5.44. The number of fused-ring (bicyclic) bond motifs is 1. The van der Waals surface area contributed by atoms with E-state index < -0.39 is 17.3 Å². The molecule has 0 saturated carbocycles. The molecule has 6 heteroatoms. The molecule has 1 N–H and O–H groups in total. The van der Waals surface area contributed by atoms with Gasteiger partial charge in [0.25, 0.3) is 0 Å². The maximum Gasteiger partial charge on any atom is 0.396 e. The normalized spacial score (nSPS) is 10.2. The first-order chi connectivity index (χ1) is 9.02. The lowest BCUT2D eigenvalue weighted by atomic mass is 10.1. The number of methoxy groups -OCH3 is 1. The van der Waals surface area contributed by atoms with Crippen molar-refractivity contribution < 1.29 is 18.7 Å². The van der Waals surface area contributed by atoms with Crippen molar-refractivity contribution in [3.05, 3.63) is 40.2 Å². The van der Waals surface area contributed by atoms with Gasteiger partial charge in [-0.3, -0.25) is 9.59 Å². The summed E-state index contributed by atoms with van der Waals surface area (Å²) in [4.78, 5) is 34.4. The van der Waals surface area contributed by atoms with Crippen LogP contribution in [0.4, 0.5) is 5.69 Å². The molecular formula is C13H11NO5. The summed E-state index contributed by atoms with van der Waals surface area (Å²) >= 11 is 0. The van der Waals surface area contributed by atoms with Gasteiger partial charge in [-0.05, 0) is 19.1 Å². The van der Waals surface area contributed by atoms with E-state index in [-0.39, 0.29) is 5.69 Å². The van der Waals surface area contributed by atoms with E-state index in [0.717, 1.165) is 18.9 Å². The monoisotopic (exact) mass is 261 g/mol. The number of anilines is 1. The van der Waals surface area contributed by atoms with Gasteiger partial charge in [0.1, 0.15) is 17.5 Å². The topological polar surface area (TPSA) is 85.6 Å². The van der Waals surface area contributed by atoms with Crippen LogP contribution in [0.25, 0.3) is 11.0 Å². The van der Waals surface area contributed by atoms with Gasteiger partial charge in [0.15, 0.2) is 0 Å². The van der Waals surface area contributed by atoms with Crippen LogP contribution in [-0.2, 0) is 14.3 Å². The number of nitrogens with one attached hydrogen (secondary N) is 1. The lowest BCUT2D eigenvalue weighted by Gasteiger charge is -2.04. The van der Waals surface area contributed by atoms with Crippen molar-refractivity contribution in [2.45, 2.75) is 6.92 Å². The van der Waals surface area contributed by atoms with E-state index in [1.165, 1.54) is 0 Å². The standard InChI is InChI=1S/C13H11NO5/c1-7-3-4-10-8(5-7)11(15)9(6-19-10)14-12(16)13(17)18-2/h3-6H,1-2H3,(H,14,16). The highest BCUT2D eigenvalue weighted by molar-refractivity contribution is 6.37. The van der Waals surface area contributed by atoms with Gasteiger partial charge in [0.05, 0.1) is 12.5 Å². The summed E-state index contributed by atoms with van der Waals surface area (Å²) in [6.07, 6.45) is 1.10. The van der Waals surface area contributed by atoms with Crippen LogP contribution in [0.2, 0.25) is 0 Å². The van der Waals surface area contributed by atoms with Crippen LogP contribution in [0.1, 0.15) is 5.56 Å². The minimum absolute atomic E-state index is 0.103. The number of amides is 1. The van der Waals surface area contributed by atoms with Gasteiger partial charge < -0.3 is 14.5 Å². The Labute approximate surface area is 108 Å². The molecule has 0 radical (unpaired) electrons. The van der Waals surface area contributed by atoms with E-state index in [1.54, 1.807) is 18.2 Å². The highest BCUT2D eigenvalue weighted by Crippen LogP contribution is 2.15. The summed E-state index contributed by atoms with van der Waals surface area (Å²) < 4.78 is 9.47. The van der Waals surface area contributed by atoms with Gasteiger partial charge in [-0.2, -0.15) is 0 Å². The highest BCUT2D eigenvalue weighted by atomic mass is 16.5. The van der Waals surface area contributed by atoms with Gasteiger partial charge >= 0.3 is 11.9 Å². The summed E-state index contributed by atoms with van der Waals surface area (Å²) in [5.74, 6) is -2.11. The molecule has 1 heterocycles. The number of hydrogen-bond acceptors (Lipinski definition) is 5. The van der Waals surface area contributed by atoms with Crippen molar-refractivity contribution in [2.75, 3.05) is 12.4 Å². The lowest BCUT2D eigenvalue weighted by molar-refractivity contribution is -0.150. The van der Waals surface area contributed by atoms with Crippen LogP contribution in [-0.4, -0.2) is 19.0 Å². The third kappa shape index (κ3) is 2.47. The number of carbonyl (C=O) groups is 2. The predicted molar refractivity (Wildman–Crippen MR) is 67.9 cm³/mol. The molecule has 0 aliphatic heterocycles. The number of benzene rings is 1. The third-order valence-electron chi connectivity index (χ3n) is 2.55. The number of ether oxygens (including phenoxy) is 1. The van der Waals surface area contributed by atoms with E-state index in [2.05, 4.69) is 10.1 Å². The van der Waals surface area contributed by atoms with E-state index in [4.69, 9.17) is 4.42 Å². The van der Waals surface area contributed by atoms with Crippen LogP contribution in [0.15, 0.2) is 33.7 Å². The number of carbonyl (C=O) groups excluding carboxylic acids is 2. The van der Waals surface area contributed by atoms with Crippen molar-refractivity contribution >= 4 is 28.5 Å². The molecule has 0 aliphatic carbocycles. The average Bonchev–Trinajstić information content (AvgIpc) is 2.41. The molecule has 0 saturated heterocycles. The minimum Gasteiger partial charge on any atom is -0.462 e. The molecule has 6 nitrogen and oxygen atoms in total. The summed E-state index contributed by atoms with van der Waals surface area (Å²) in [6.45, 7) is 1.83. The van der Waals surface area contributed by atoms with E-state index in [9.17, 15) is 14.4 Å². The Morgan fingerprint density at radius 3 is 2.74 bits per heavy atom. The van der Waals surface area contributed by atoms with Crippen molar-refractivity contribution in [1.29, 1.82) is 0 Å². The molecule has 0 unspecified atom stereocenters. The fourth-order valence-corrected chi connectivity index (χ4v) is 1.60. The summed E-state index contributed by atoms with van der Waals surface area (Å²) in [6, 6.07) is 5.12. The van der Waals surface area contributed by atoms with E-state index in [0.29, 0.717) is 11.0 Å². The molecule has 1 amide bonds. The fraction of sp³-hybridized carbons (Fsp3) is 0.154. The number of aryl methyl sites for hydroxylation is 1. The molecule has 0 atom stereocenters. The summed E-state index contributed by atoms with van der Waals surface area (Å²) in [7, 11) is 1.08. The van der Waals surface area contributed by atoms with Crippen molar-refractivity contribution in [3.63, 3.8) is 0 Å². The van der Waals surface area contributed by atoms with Gasteiger partial charge in [-0.25, -0.2) is 4.79 Å². The van der Waals surface area contributed by atoms with Crippen LogP contribution in [0.5, 0.6) is 0 Å². The quantitative estimate of drug-likeness (QED) is 0.616. The fourth-order valence-electron chi connectivity index (χ4n) is 1.60. The molecular weight excluding hydrogens is 250 g/mol. The second-order valence-electron chi connectivity index (χ2n) is 3.92. The minimum atomic E-state index is -1.08. The Hall–Kier alpha value is -2.63. The zero-order valence-electron chi connectivity index (χ0n) is 10.4. The average molecular weight is 261 g/mol. The summed E-state index contributed by atoms with van der Waals surface area (Å²) in [5, 5.41) is 2.49. The smallest absolute Gasteiger partial charge is 0.396 e. The molecule has 1 aromatic carbocycles. The second-order valence-corrected chi connectivity index (χ2v) is 3.92. The van der Waals surface area contributed by atoms with Crippen LogP contribution in [0.3, 0.4) is 0 Å². The molecule has 2 rings (SSSR count). The zero-order chi connectivity index (χ0) is 14.0. The third-order valence-corrected chi connectivity index (χ3v) is 2.55. The van der Waals surface area contributed by atoms with Crippen molar-refractivity contribution in [1.82, 2.24) is 0 Å². The molecule has 0 bridgehead atoms. The van der Waals surface area contributed by atoms with Crippen molar-refractivity contribution in [3.8, 4) is 0 Å². The van der Waals surface area contributed by atoms with Gasteiger partial charge in [0, 0.05) is 0 Å². The number of rotatable bonds is 1. The van der Waals surface area contributed by atoms with Gasteiger partial charge in [0.2, 0.25) is 5.43 Å². The Morgan fingerprint density at radius 1 is 1.32 bits per heavy atom. The lowest BCUT2D eigenvalue weighted by Crippen LogP contribution is -2.26. The SMILES string of the molecule is COC(=O)C(=O)Nc1coc2ccc(C)cc2c1=O. The maximum absolute atomic E-state index is 12.1.